The van der Waals surface area contributed by atoms with Gasteiger partial charge in [0.25, 0.3) is 0 Å². The summed E-state index contributed by atoms with van der Waals surface area (Å²) >= 11 is 0. The third kappa shape index (κ3) is 4.05. The summed E-state index contributed by atoms with van der Waals surface area (Å²) in [5.41, 5.74) is 2.79. The number of aromatic nitrogens is 2. The van der Waals surface area contributed by atoms with Gasteiger partial charge in [-0.25, -0.2) is 0 Å². The molecule has 0 radical (unpaired) electrons. The van der Waals surface area contributed by atoms with E-state index in [0.717, 1.165) is 38.6 Å². The van der Waals surface area contributed by atoms with Crippen LogP contribution in [0.25, 0.3) is 0 Å². The van der Waals surface area contributed by atoms with Crippen LogP contribution in [-0.4, -0.2) is 41.2 Å². The molecule has 0 unspecified atom stereocenters. The standard InChI is InChI=1S/C21H27N3O3/c1-26-11-9-19-22-21(27-23-19)18-8-4-5-10-24(18)20(25)14-15-12-16-6-2-3-7-17(16)13-15/h2-3,6-7,15,18H,4-5,8-14H2,1H3/t18-/m1/s1. The van der Waals surface area contributed by atoms with Crippen LogP contribution >= 0.6 is 0 Å². The zero-order valence-corrected chi connectivity index (χ0v) is 15.9. The van der Waals surface area contributed by atoms with E-state index in [9.17, 15) is 4.79 Å². The van der Waals surface area contributed by atoms with Crippen molar-refractivity contribution in [2.45, 2.75) is 51.0 Å². The van der Waals surface area contributed by atoms with Crippen LogP contribution in [0.15, 0.2) is 28.8 Å². The molecule has 2 heterocycles. The van der Waals surface area contributed by atoms with Gasteiger partial charge in [-0.15, -0.1) is 0 Å². The molecule has 2 aliphatic rings. The molecule has 1 saturated heterocycles. The number of fused-ring (bicyclic) bond motifs is 1. The lowest BCUT2D eigenvalue weighted by Crippen LogP contribution is -2.39. The number of carbonyl (C=O) groups excluding carboxylic acids is 1. The highest BCUT2D eigenvalue weighted by molar-refractivity contribution is 5.77. The van der Waals surface area contributed by atoms with E-state index in [4.69, 9.17) is 9.26 Å². The molecule has 1 amide bonds. The minimum atomic E-state index is -0.0844. The molecule has 1 aromatic carbocycles. The predicted octanol–water partition coefficient (Wildman–Crippen LogP) is 3.12. The van der Waals surface area contributed by atoms with Gasteiger partial charge in [-0.3, -0.25) is 4.79 Å². The molecule has 4 rings (SSSR count). The summed E-state index contributed by atoms with van der Waals surface area (Å²) < 4.78 is 10.6. The fraction of sp³-hybridized carbons (Fsp3) is 0.571. The van der Waals surface area contributed by atoms with Gasteiger partial charge in [0.2, 0.25) is 11.8 Å². The van der Waals surface area contributed by atoms with E-state index in [0.29, 0.717) is 37.1 Å². The van der Waals surface area contributed by atoms with Crippen molar-refractivity contribution in [3.63, 3.8) is 0 Å². The molecule has 144 valence electrons. The van der Waals surface area contributed by atoms with Crippen molar-refractivity contribution < 1.29 is 14.1 Å². The fourth-order valence-corrected chi connectivity index (χ4v) is 4.34. The molecule has 27 heavy (non-hydrogen) atoms. The molecule has 6 nitrogen and oxygen atoms in total. The second kappa shape index (κ2) is 8.21. The van der Waals surface area contributed by atoms with Crippen LogP contribution in [0.2, 0.25) is 0 Å². The van der Waals surface area contributed by atoms with Gasteiger partial charge in [0.1, 0.15) is 6.04 Å². The number of hydrogen-bond donors (Lipinski definition) is 0. The summed E-state index contributed by atoms with van der Waals surface area (Å²) in [6.45, 7) is 1.34. The third-order valence-corrected chi connectivity index (χ3v) is 5.72. The lowest BCUT2D eigenvalue weighted by molar-refractivity contribution is -0.136. The second-order valence-corrected chi connectivity index (χ2v) is 7.64. The topological polar surface area (TPSA) is 68.5 Å². The van der Waals surface area contributed by atoms with Crippen molar-refractivity contribution in [3.05, 3.63) is 47.1 Å². The molecule has 1 aliphatic carbocycles. The van der Waals surface area contributed by atoms with Crippen LogP contribution in [0.4, 0.5) is 0 Å². The zero-order valence-electron chi connectivity index (χ0n) is 15.9. The Kier molecular flexibility index (Phi) is 5.53. The quantitative estimate of drug-likeness (QED) is 0.783. The van der Waals surface area contributed by atoms with Crippen molar-refractivity contribution in [2.24, 2.45) is 5.92 Å². The number of amides is 1. The van der Waals surface area contributed by atoms with Gasteiger partial charge in [-0.05, 0) is 49.1 Å². The first-order chi connectivity index (χ1) is 13.2. The Morgan fingerprint density at radius 1 is 1.26 bits per heavy atom. The molecule has 2 aromatic rings. The van der Waals surface area contributed by atoms with Gasteiger partial charge in [0.05, 0.1) is 6.61 Å². The molecular weight excluding hydrogens is 342 g/mol. The third-order valence-electron chi connectivity index (χ3n) is 5.72. The molecule has 0 spiro atoms. The van der Waals surface area contributed by atoms with Gasteiger partial charge < -0.3 is 14.2 Å². The summed E-state index contributed by atoms with van der Waals surface area (Å²) in [6, 6.07) is 8.45. The smallest absolute Gasteiger partial charge is 0.249 e. The van der Waals surface area contributed by atoms with Gasteiger partial charge in [0, 0.05) is 26.5 Å². The van der Waals surface area contributed by atoms with Crippen LogP contribution in [0, 0.1) is 5.92 Å². The molecule has 1 fully saturated rings. The number of benzene rings is 1. The molecular formula is C21H27N3O3. The van der Waals surface area contributed by atoms with Gasteiger partial charge in [0.15, 0.2) is 5.82 Å². The molecule has 0 saturated carbocycles. The van der Waals surface area contributed by atoms with Crippen molar-refractivity contribution in [3.8, 4) is 0 Å². The highest BCUT2D eigenvalue weighted by Gasteiger charge is 2.34. The first-order valence-electron chi connectivity index (χ1n) is 9.92. The van der Waals surface area contributed by atoms with E-state index in [1.54, 1.807) is 7.11 Å². The van der Waals surface area contributed by atoms with Crippen LogP contribution in [0.1, 0.15) is 54.6 Å². The van der Waals surface area contributed by atoms with Gasteiger partial charge in [-0.1, -0.05) is 29.4 Å². The Hall–Kier alpha value is -2.21. The van der Waals surface area contributed by atoms with E-state index in [2.05, 4.69) is 34.4 Å². The highest BCUT2D eigenvalue weighted by atomic mass is 16.5. The Balaban J connectivity index is 1.41. The molecule has 1 aromatic heterocycles. The number of ether oxygens (including phenoxy) is 1. The average molecular weight is 369 g/mol. The minimum absolute atomic E-state index is 0.0844. The maximum atomic E-state index is 13.1. The molecule has 1 aliphatic heterocycles. The number of nitrogens with zero attached hydrogens (tertiary/aromatic N) is 3. The van der Waals surface area contributed by atoms with Crippen molar-refractivity contribution in [2.75, 3.05) is 20.3 Å². The molecule has 0 bridgehead atoms. The van der Waals surface area contributed by atoms with Crippen molar-refractivity contribution in [1.82, 2.24) is 15.0 Å². The normalized spacial score (nSPS) is 20.0. The van der Waals surface area contributed by atoms with E-state index in [-0.39, 0.29) is 11.9 Å². The maximum Gasteiger partial charge on any atom is 0.249 e. The van der Waals surface area contributed by atoms with E-state index in [1.807, 2.05) is 4.90 Å². The summed E-state index contributed by atoms with van der Waals surface area (Å²) in [5.74, 6) is 1.84. The predicted molar refractivity (Wildman–Crippen MR) is 100 cm³/mol. The summed E-state index contributed by atoms with van der Waals surface area (Å²) in [7, 11) is 1.66. The number of carbonyl (C=O) groups is 1. The largest absolute Gasteiger partial charge is 0.384 e. The van der Waals surface area contributed by atoms with E-state index < -0.39 is 0 Å². The van der Waals surface area contributed by atoms with Crippen LogP contribution < -0.4 is 0 Å². The molecule has 0 N–H and O–H groups in total. The Morgan fingerprint density at radius 3 is 2.78 bits per heavy atom. The average Bonchev–Trinajstić information content (AvgIpc) is 3.32. The molecule has 1 atom stereocenters. The summed E-state index contributed by atoms with van der Waals surface area (Å²) in [5, 5.41) is 4.05. The lowest BCUT2D eigenvalue weighted by Gasteiger charge is -2.34. The van der Waals surface area contributed by atoms with Gasteiger partial charge >= 0.3 is 0 Å². The Labute approximate surface area is 159 Å². The van der Waals surface area contributed by atoms with Crippen LogP contribution in [0.3, 0.4) is 0 Å². The fourth-order valence-electron chi connectivity index (χ4n) is 4.34. The minimum Gasteiger partial charge on any atom is -0.384 e. The van der Waals surface area contributed by atoms with Gasteiger partial charge in [-0.2, -0.15) is 4.98 Å². The number of methoxy groups -OCH3 is 1. The zero-order chi connectivity index (χ0) is 18.6. The first-order valence-corrected chi connectivity index (χ1v) is 9.92. The summed E-state index contributed by atoms with van der Waals surface area (Å²) in [4.78, 5) is 19.6. The second-order valence-electron chi connectivity index (χ2n) is 7.64. The van der Waals surface area contributed by atoms with E-state index >= 15 is 0 Å². The molecule has 6 heteroatoms. The monoisotopic (exact) mass is 369 g/mol. The number of hydrogen-bond acceptors (Lipinski definition) is 5. The van der Waals surface area contributed by atoms with Crippen molar-refractivity contribution in [1.29, 1.82) is 0 Å². The lowest BCUT2D eigenvalue weighted by atomic mass is 9.97. The van der Waals surface area contributed by atoms with Crippen LogP contribution in [-0.2, 0) is 28.8 Å². The number of likely N-dealkylation sites (tertiary alicyclic amines) is 1. The Bertz CT molecular complexity index is 763. The summed E-state index contributed by atoms with van der Waals surface area (Å²) in [6.07, 6.45) is 6.24. The van der Waals surface area contributed by atoms with E-state index in [1.165, 1.54) is 11.1 Å². The Morgan fingerprint density at radius 2 is 2.04 bits per heavy atom. The number of piperidine rings is 1. The highest BCUT2D eigenvalue weighted by Crippen LogP contribution is 2.33. The first kappa shape index (κ1) is 18.2. The number of rotatable bonds is 6. The SMILES string of the molecule is COCCc1noc([C@H]2CCCCN2C(=O)CC2Cc3ccccc3C2)n1. The van der Waals surface area contributed by atoms with Crippen molar-refractivity contribution >= 4 is 5.91 Å². The van der Waals surface area contributed by atoms with Crippen LogP contribution in [0.5, 0.6) is 0 Å². The maximum absolute atomic E-state index is 13.1.